The molecule has 4 rings (SSSR count). The number of nitrogens with zero attached hydrogens (tertiary/aromatic N) is 3. The standard InChI is InChI=1S/C16H20N4O3S/c1-2-12-17-16-20(18-12)15(22)14(24-16)13(11-4-3-9-23-11)19-7-5-10(21)6-8-19/h3-4,9-10,13,21-22H,2,5-8H2,1H3/p+1/t13-/m0/s1. The zero-order chi connectivity index (χ0) is 16.7. The number of fused-ring (bicyclic) bond motifs is 1. The molecule has 1 atom stereocenters. The monoisotopic (exact) mass is 349 g/mol. The van der Waals surface area contributed by atoms with Crippen LogP contribution in [0.2, 0.25) is 0 Å². The van der Waals surface area contributed by atoms with Gasteiger partial charge in [-0.15, -0.1) is 5.10 Å². The lowest BCUT2D eigenvalue weighted by atomic mass is 10.0. The van der Waals surface area contributed by atoms with Crippen molar-refractivity contribution in [2.45, 2.75) is 38.3 Å². The van der Waals surface area contributed by atoms with Crippen molar-refractivity contribution in [3.05, 3.63) is 34.9 Å². The zero-order valence-corrected chi connectivity index (χ0v) is 14.3. The predicted molar refractivity (Wildman–Crippen MR) is 88.4 cm³/mol. The Hall–Kier alpha value is -1.90. The summed E-state index contributed by atoms with van der Waals surface area (Å²) < 4.78 is 7.19. The molecule has 24 heavy (non-hydrogen) atoms. The summed E-state index contributed by atoms with van der Waals surface area (Å²) in [5, 5.41) is 24.9. The minimum absolute atomic E-state index is 0.105. The maximum Gasteiger partial charge on any atom is 0.235 e. The molecule has 0 aliphatic carbocycles. The van der Waals surface area contributed by atoms with Gasteiger partial charge in [0, 0.05) is 19.3 Å². The fourth-order valence-electron chi connectivity index (χ4n) is 3.36. The quantitative estimate of drug-likeness (QED) is 0.648. The lowest BCUT2D eigenvalue weighted by Crippen LogP contribution is -3.13. The smallest absolute Gasteiger partial charge is 0.235 e. The van der Waals surface area contributed by atoms with Crippen molar-refractivity contribution < 1.29 is 19.5 Å². The number of furan rings is 1. The first-order chi connectivity index (χ1) is 11.7. The third kappa shape index (κ3) is 2.60. The van der Waals surface area contributed by atoms with Crippen LogP contribution in [0.25, 0.3) is 4.96 Å². The molecule has 0 unspecified atom stereocenters. The Balaban J connectivity index is 1.76. The topological polar surface area (TPSA) is 88.2 Å². The van der Waals surface area contributed by atoms with Crippen molar-refractivity contribution in [3.63, 3.8) is 0 Å². The average molecular weight is 349 g/mol. The number of aryl methyl sites for hydroxylation is 1. The van der Waals surface area contributed by atoms with Crippen LogP contribution in [-0.2, 0) is 6.42 Å². The summed E-state index contributed by atoms with van der Waals surface area (Å²) in [6.45, 7) is 3.66. The third-order valence-electron chi connectivity index (χ3n) is 4.66. The molecular weight excluding hydrogens is 328 g/mol. The number of nitrogens with one attached hydrogen (secondary N) is 1. The Morgan fingerprint density at radius 1 is 1.46 bits per heavy atom. The second-order valence-electron chi connectivity index (χ2n) is 6.20. The van der Waals surface area contributed by atoms with E-state index in [0.717, 1.165) is 48.8 Å². The van der Waals surface area contributed by atoms with Crippen LogP contribution in [0.15, 0.2) is 22.8 Å². The Morgan fingerprint density at radius 3 is 2.88 bits per heavy atom. The fraction of sp³-hybridized carbons (Fsp3) is 0.500. The molecule has 1 aliphatic heterocycles. The molecule has 128 valence electrons. The van der Waals surface area contributed by atoms with Gasteiger partial charge < -0.3 is 19.5 Å². The van der Waals surface area contributed by atoms with E-state index in [4.69, 9.17) is 4.42 Å². The van der Waals surface area contributed by atoms with E-state index >= 15 is 0 Å². The van der Waals surface area contributed by atoms with Crippen LogP contribution >= 0.6 is 11.3 Å². The van der Waals surface area contributed by atoms with Crippen LogP contribution in [0, 0.1) is 0 Å². The molecule has 0 spiro atoms. The first-order valence-electron chi connectivity index (χ1n) is 8.30. The minimum atomic E-state index is -0.228. The van der Waals surface area contributed by atoms with Crippen LogP contribution in [0.1, 0.15) is 42.3 Å². The second-order valence-corrected chi connectivity index (χ2v) is 7.21. The maximum absolute atomic E-state index is 10.7. The average Bonchev–Trinajstić information content (AvgIpc) is 3.29. The number of aliphatic hydroxyl groups excluding tert-OH is 1. The van der Waals surface area contributed by atoms with E-state index in [1.807, 2.05) is 19.1 Å². The highest BCUT2D eigenvalue weighted by molar-refractivity contribution is 7.17. The van der Waals surface area contributed by atoms with Crippen LogP contribution in [-0.4, -0.2) is 44.0 Å². The van der Waals surface area contributed by atoms with Crippen molar-refractivity contribution in [2.75, 3.05) is 13.1 Å². The van der Waals surface area contributed by atoms with E-state index in [1.165, 1.54) is 20.8 Å². The van der Waals surface area contributed by atoms with Crippen molar-refractivity contribution in [3.8, 4) is 5.88 Å². The highest BCUT2D eigenvalue weighted by atomic mass is 32.1. The molecule has 0 aromatic carbocycles. The molecule has 7 nitrogen and oxygen atoms in total. The number of aromatic hydroxyl groups is 1. The van der Waals surface area contributed by atoms with Gasteiger partial charge in [-0.3, -0.25) is 0 Å². The SMILES string of the molecule is CCc1nc2sc([C@H](c3ccco3)[NH+]3CCC(O)CC3)c(O)n2n1. The Morgan fingerprint density at radius 2 is 2.25 bits per heavy atom. The first kappa shape index (κ1) is 15.6. The van der Waals surface area contributed by atoms with E-state index in [-0.39, 0.29) is 18.0 Å². The van der Waals surface area contributed by atoms with Gasteiger partial charge in [-0.25, -0.2) is 4.98 Å². The van der Waals surface area contributed by atoms with Crippen LogP contribution in [0.3, 0.4) is 0 Å². The molecule has 3 aromatic heterocycles. The highest BCUT2D eigenvalue weighted by Crippen LogP contribution is 2.35. The Labute approximate surface area is 143 Å². The lowest BCUT2D eigenvalue weighted by Gasteiger charge is -2.31. The van der Waals surface area contributed by atoms with Crippen LogP contribution < -0.4 is 4.90 Å². The second kappa shape index (κ2) is 6.19. The molecular formula is C16H21N4O3S+. The van der Waals surface area contributed by atoms with Crippen LogP contribution in [0.4, 0.5) is 0 Å². The normalized spacial score (nSPS) is 22.9. The van der Waals surface area contributed by atoms with E-state index in [1.54, 1.807) is 6.26 Å². The molecule has 0 amide bonds. The number of hydrogen-bond acceptors (Lipinski definition) is 6. The van der Waals surface area contributed by atoms with Gasteiger partial charge in [0.05, 0.1) is 25.5 Å². The minimum Gasteiger partial charge on any atom is -0.492 e. The maximum atomic E-state index is 10.7. The largest absolute Gasteiger partial charge is 0.492 e. The van der Waals surface area contributed by atoms with Gasteiger partial charge in [-0.1, -0.05) is 18.3 Å². The molecule has 1 fully saturated rings. The summed E-state index contributed by atoms with van der Waals surface area (Å²) in [5.41, 5.74) is 0. The third-order valence-corrected chi connectivity index (χ3v) is 5.74. The number of rotatable bonds is 4. The van der Waals surface area contributed by atoms with Gasteiger partial charge in [-0.2, -0.15) is 4.52 Å². The summed E-state index contributed by atoms with van der Waals surface area (Å²) in [4.78, 5) is 7.26. The summed E-state index contributed by atoms with van der Waals surface area (Å²) in [6.07, 6.45) is 3.68. The molecule has 3 N–H and O–H groups in total. The van der Waals surface area contributed by atoms with E-state index < -0.39 is 0 Å². The van der Waals surface area contributed by atoms with Crippen molar-refractivity contribution in [1.29, 1.82) is 0 Å². The van der Waals surface area contributed by atoms with Gasteiger partial charge in [0.2, 0.25) is 10.8 Å². The molecule has 4 heterocycles. The van der Waals surface area contributed by atoms with E-state index in [0.29, 0.717) is 4.96 Å². The first-order valence-corrected chi connectivity index (χ1v) is 9.12. The molecule has 8 heteroatoms. The summed E-state index contributed by atoms with van der Waals surface area (Å²) in [5.74, 6) is 1.69. The zero-order valence-electron chi connectivity index (χ0n) is 13.5. The fourth-order valence-corrected chi connectivity index (χ4v) is 4.50. The van der Waals surface area contributed by atoms with Gasteiger partial charge in [0.15, 0.2) is 17.6 Å². The number of thiazole rings is 1. The van der Waals surface area contributed by atoms with Crippen LogP contribution in [0.5, 0.6) is 5.88 Å². The summed E-state index contributed by atoms with van der Waals surface area (Å²) in [7, 11) is 0. The molecule has 1 saturated heterocycles. The van der Waals surface area contributed by atoms with E-state index in [2.05, 4.69) is 10.1 Å². The molecule has 0 bridgehead atoms. The number of quaternary nitrogens is 1. The molecule has 3 aromatic rings. The summed E-state index contributed by atoms with van der Waals surface area (Å²) >= 11 is 1.46. The Bertz CT molecular complexity index is 818. The van der Waals surface area contributed by atoms with Gasteiger partial charge >= 0.3 is 0 Å². The highest BCUT2D eigenvalue weighted by Gasteiger charge is 2.36. The number of hydrogen-bond donors (Lipinski definition) is 3. The lowest BCUT2D eigenvalue weighted by molar-refractivity contribution is -0.932. The summed E-state index contributed by atoms with van der Waals surface area (Å²) in [6, 6.07) is 3.70. The molecule has 0 saturated carbocycles. The number of aliphatic hydroxyl groups is 1. The molecule has 0 radical (unpaired) electrons. The Kier molecular flexibility index (Phi) is 4.03. The van der Waals surface area contributed by atoms with Gasteiger partial charge in [0.25, 0.3) is 0 Å². The van der Waals surface area contributed by atoms with Crippen molar-refractivity contribution in [2.24, 2.45) is 0 Å². The van der Waals surface area contributed by atoms with Gasteiger partial charge in [-0.05, 0) is 12.1 Å². The number of likely N-dealkylation sites (tertiary alicyclic amines) is 1. The van der Waals surface area contributed by atoms with Crippen molar-refractivity contribution >= 4 is 16.3 Å². The number of piperidine rings is 1. The number of aromatic nitrogens is 3. The van der Waals surface area contributed by atoms with E-state index in [9.17, 15) is 10.2 Å². The molecule has 1 aliphatic rings. The van der Waals surface area contributed by atoms with Crippen molar-refractivity contribution in [1.82, 2.24) is 14.6 Å². The predicted octanol–water partition coefficient (Wildman–Crippen LogP) is 0.781. The van der Waals surface area contributed by atoms with Gasteiger partial charge in [0.1, 0.15) is 4.88 Å².